The lowest BCUT2D eigenvalue weighted by Gasteiger charge is -2.35. The van der Waals surface area contributed by atoms with Crippen LogP contribution >= 0.6 is 0 Å². The van der Waals surface area contributed by atoms with E-state index in [9.17, 15) is 0 Å². The molecule has 5 nitrogen and oxygen atoms in total. The number of hydrogen-bond donors (Lipinski definition) is 0. The van der Waals surface area contributed by atoms with Gasteiger partial charge in [0.05, 0.1) is 31.4 Å². The topological polar surface area (TPSA) is 35.9 Å². The summed E-state index contributed by atoms with van der Waals surface area (Å²) in [6.45, 7) is 5.32. The van der Waals surface area contributed by atoms with Crippen LogP contribution in [0.25, 0.3) is 10.9 Å². The predicted molar refractivity (Wildman–Crippen MR) is 110 cm³/mol. The zero-order valence-corrected chi connectivity index (χ0v) is 16.7. The van der Waals surface area contributed by atoms with Gasteiger partial charge in [0.15, 0.2) is 0 Å². The number of piperidine rings is 1. The van der Waals surface area contributed by atoms with Crippen molar-refractivity contribution in [2.75, 3.05) is 39.5 Å². The summed E-state index contributed by atoms with van der Waals surface area (Å²) in [5.41, 5.74) is 1.33. The van der Waals surface area contributed by atoms with E-state index in [1.807, 2.05) is 0 Å². The van der Waals surface area contributed by atoms with Gasteiger partial charge in [-0.1, -0.05) is 18.9 Å². The van der Waals surface area contributed by atoms with E-state index in [1.165, 1.54) is 36.6 Å². The zero-order valence-electron chi connectivity index (χ0n) is 16.7. The van der Waals surface area contributed by atoms with Crippen LogP contribution in [0.2, 0.25) is 0 Å². The summed E-state index contributed by atoms with van der Waals surface area (Å²) < 4.78 is 20.3. The smallest absolute Gasteiger partial charge is 0.129 e. The van der Waals surface area contributed by atoms with Crippen LogP contribution < -0.4 is 4.74 Å². The Morgan fingerprint density at radius 2 is 1.86 bits per heavy atom. The molecule has 1 saturated carbocycles. The molecule has 0 bridgehead atoms. The van der Waals surface area contributed by atoms with Gasteiger partial charge in [0.2, 0.25) is 0 Å². The summed E-state index contributed by atoms with van der Waals surface area (Å²) in [4.78, 5) is 2.50. The van der Waals surface area contributed by atoms with Crippen LogP contribution in [-0.2, 0) is 9.47 Å². The Morgan fingerprint density at radius 3 is 2.64 bits per heavy atom. The highest BCUT2D eigenvalue weighted by Crippen LogP contribution is 2.36. The highest BCUT2D eigenvalue weighted by molar-refractivity contribution is 5.86. The number of likely N-dealkylation sites (tertiary alicyclic amines) is 1. The SMILES string of the molecule is c1cc(OC2CCN(CC3COCCO3)CC2)c2ccn(C3CCCC3)c2c1. The largest absolute Gasteiger partial charge is 0.490 e. The average molecular weight is 385 g/mol. The molecule has 5 rings (SSSR count). The minimum absolute atomic E-state index is 0.232. The number of nitrogens with zero attached hydrogens (tertiary/aromatic N) is 2. The van der Waals surface area contributed by atoms with Crippen molar-refractivity contribution in [3.63, 3.8) is 0 Å². The summed E-state index contributed by atoms with van der Waals surface area (Å²) >= 11 is 0. The minimum atomic E-state index is 0.232. The molecule has 1 atom stereocenters. The number of benzene rings is 1. The molecular weight excluding hydrogens is 352 g/mol. The van der Waals surface area contributed by atoms with Gasteiger partial charge in [-0.05, 0) is 43.9 Å². The van der Waals surface area contributed by atoms with Crippen LogP contribution in [0.1, 0.15) is 44.6 Å². The van der Waals surface area contributed by atoms with E-state index in [2.05, 4.69) is 39.9 Å². The Balaban J connectivity index is 1.20. The molecule has 3 aliphatic rings. The minimum Gasteiger partial charge on any atom is -0.490 e. The first-order valence-corrected chi connectivity index (χ1v) is 11.0. The van der Waals surface area contributed by atoms with E-state index in [0.717, 1.165) is 58.0 Å². The highest BCUT2D eigenvalue weighted by Gasteiger charge is 2.25. The van der Waals surface area contributed by atoms with Crippen LogP contribution in [0.4, 0.5) is 0 Å². The monoisotopic (exact) mass is 384 g/mol. The molecule has 2 aliphatic heterocycles. The number of ether oxygens (including phenoxy) is 3. The molecule has 0 N–H and O–H groups in total. The fourth-order valence-electron chi connectivity index (χ4n) is 5.08. The first kappa shape index (κ1) is 18.5. The van der Waals surface area contributed by atoms with Crippen molar-refractivity contribution >= 4 is 10.9 Å². The van der Waals surface area contributed by atoms with Gasteiger partial charge in [0.25, 0.3) is 0 Å². The third-order valence-electron chi connectivity index (χ3n) is 6.62. The molecule has 2 saturated heterocycles. The number of aromatic nitrogens is 1. The normalized spacial score (nSPS) is 25.5. The van der Waals surface area contributed by atoms with Gasteiger partial charge in [-0.3, -0.25) is 0 Å². The standard InChI is InChI=1S/C23H32N2O3/c1-2-5-18(4-1)25-13-10-21-22(25)6-3-7-23(21)28-19-8-11-24(12-9-19)16-20-17-26-14-15-27-20/h3,6-7,10,13,18-20H,1-2,4-5,8-9,11-12,14-17H2. The lowest BCUT2D eigenvalue weighted by Crippen LogP contribution is -2.45. The molecule has 1 aliphatic carbocycles. The Bertz CT molecular complexity index is 769. The fraction of sp³-hybridized carbons (Fsp3) is 0.652. The maximum absolute atomic E-state index is 6.49. The number of rotatable bonds is 5. The van der Waals surface area contributed by atoms with Gasteiger partial charge < -0.3 is 23.7 Å². The summed E-state index contributed by atoms with van der Waals surface area (Å²) in [5.74, 6) is 1.05. The first-order chi connectivity index (χ1) is 13.9. The molecular formula is C23H32N2O3. The average Bonchev–Trinajstić information content (AvgIpc) is 3.40. The van der Waals surface area contributed by atoms with Crippen LogP contribution in [0.15, 0.2) is 30.5 Å². The van der Waals surface area contributed by atoms with E-state index in [1.54, 1.807) is 0 Å². The van der Waals surface area contributed by atoms with Gasteiger partial charge in [-0.25, -0.2) is 0 Å². The Kier molecular flexibility index (Phi) is 5.56. The molecule has 1 aromatic heterocycles. The van der Waals surface area contributed by atoms with Gasteiger partial charge in [0.1, 0.15) is 11.9 Å². The molecule has 3 fully saturated rings. The summed E-state index contributed by atoms with van der Waals surface area (Å²) in [5, 5.41) is 1.27. The van der Waals surface area contributed by atoms with E-state index in [0.29, 0.717) is 12.1 Å². The van der Waals surface area contributed by atoms with E-state index in [-0.39, 0.29) is 6.10 Å². The van der Waals surface area contributed by atoms with Crippen molar-refractivity contribution in [1.29, 1.82) is 0 Å². The zero-order chi connectivity index (χ0) is 18.8. The Labute approximate surface area is 167 Å². The van der Waals surface area contributed by atoms with Crippen LogP contribution in [0, 0.1) is 0 Å². The van der Waals surface area contributed by atoms with Gasteiger partial charge in [0, 0.05) is 37.3 Å². The van der Waals surface area contributed by atoms with Crippen LogP contribution in [-0.4, -0.2) is 61.1 Å². The number of hydrogen-bond acceptors (Lipinski definition) is 4. The van der Waals surface area contributed by atoms with Crippen molar-refractivity contribution in [2.24, 2.45) is 0 Å². The highest BCUT2D eigenvalue weighted by atomic mass is 16.6. The van der Waals surface area contributed by atoms with Crippen molar-refractivity contribution in [1.82, 2.24) is 9.47 Å². The lowest BCUT2D eigenvalue weighted by atomic mass is 10.1. The second kappa shape index (κ2) is 8.44. The molecule has 0 amide bonds. The van der Waals surface area contributed by atoms with Crippen molar-refractivity contribution in [3.05, 3.63) is 30.5 Å². The third kappa shape index (κ3) is 3.93. The Hall–Kier alpha value is -1.56. The van der Waals surface area contributed by atoms with Crippen molar-refractivity contribution in [3.8, 4) is 5.75 Å². The van der Waals surface area contributed by atoms with Gasteiger partial charge in [-0.15, -0.1) is 0 Å². The van der Waals surface area contributed by atoms with Gasteiger partial charge in [-0.2, -0.15) is 0 Å². The first-order valence-electron chi connectivity index (χ1n) is 11.0. The van der Waals surface area contributed by atoms with Crippen LogP contribution in [0.3, 0.4) is 0 Å². The Morgan fingerprint density at radius 1 is 1.00 bits per heavy atom. The molecule has 0 radical (unpaired) electrons. The molecule has 152 valence electrons. The molecule has 5 heteroatoms. The summed E-state index contributed by atoms with van der Waals surface area (Å²) in [6.07, 6.45) is 10.3. The van der Waals surface area contributed by atoms with Crippen LogP contribution in [0.5, 0.6) is 5.75 Å². The van der Waals surface area contributed by atoms with Gasteiger partial charge >= 0.3 is 0 Å². The van der Waals surface area contributed by atoms with Crippen molar-refractivity contribution in [2.45, 2.75) is 56.8 Å². The molecule has 2 aromatic rings. The quantitative estimate of drug-likeness (QED) is 0.780. The maximum Gasteiger partial charge on any atom is 0.129 e. The third-order valence-corrected chi connectivity index (χ3v) is 6.62. The molecule has 3 heterocycles. The van der Waals surface area contributed by atoms with E-state index >= 15 is 0 Å². The summed E-state index contributed by atoms with van der Waals surface area (Å²) in [6, 6.07) is 9.45. The molecule has 1 aromatic carbocycles. The molecule has 28 heavy (non-hydrogen) atoms. The number of fused-ring (bicyclic) bond motifs is 1. The maximum atomic E-state index is 6.49. The lowest BCUT2D eigenvalue weighted by molar-refractivity contribution is -0.100. The van der Waals surface area contributed by atoms with Crippen molar-refractivity contribution < 1.29 is 14.2 Å². The second-order valence-electron chi connectivity index (χ2n) is 8.54. The van der Waals surface area contributed by atoms with E-state index in [4.69, 9.17) is 14.2 Å². The predicted octanol–water partition coefficient (Wildman–Crippen LogP) is 4.02. The second-order valence-corrected chi connectivity index (χ2v) is 8.54. The summed E-state index contributed by atoms with van der Waals surface area (Å²) in [7, 11) is 0. The van der Waals surface area contributed by atoms with E-state index < -0.39 is 0 Å². The fourth-order valence-corrected chi connectivity index (χ4v) is 5.08. The molecule has 1 unspecified atom stereocenters. The molecule has 0 spiro atoms.